The molecule has 0 saturated carbocycles. The van der Waals surface area contributed by atoms with Crippen LogP contribution in [0.15, 0.2) is 42.9 Å². The first-order chi connectivity index (χ1) is 12.8. The van der Waals surface area contributed by atoms with E-state index in [2.05, 4.69) is 53.9 Å². The Labute approximate surface area is 159 Å². The monoisotopic (exact) mass is 360 g/mol. The molecule has 4 rings (SSSR count). The highest BCUT2D eigenvalue weighted by molar-refractivity contribution is 5.79. The first-order valence-electron chi connectivity index (χ1n) is 9.13. The number of pyridine rings is 1. The van der Waals surface area contributed by atoms with Crippen LogP contribution in [0.5, 0.6) is 0 Å². The lowest BCUT2D eigenvalue weighted by atomic mass is 9.85. The van der Waals surface area contributed by atoms with Gasteiger partial charge in [0.1, 0.15) is 12.1 Å². The Morgan fingerprint density at radius 1 is 0.889 bits per heavy atom. The molecule has 0 bridgehead atoms. The summed E-state index contributed by atoms with van der Waals surface area (Å²) in [4.78, 5) is 15.1. The van der Waals surface area contributed by atoms with E-state index in [-0.39, 0.29) is 0 Å². The Morgan fingerprint density at radius 2 is 1.59 bits per heavy atom. The number of aliphatic hydroxyl groups is 1. The topological polar surface area (TPSA) is 62.1 Å². The van der Waals surface area contributed by atoms with E-state index in [0.717, 1.165) is 45.1 Å². The van der Waals surface area contributed by atoms with Crippen LogP contribution in [-0.4, -0.2) is 26.3 Å². The quantitative estimate of drug-likeness (QED) is 0.742. The number of aryl methyl sites for hydroxylation is 3. The van der Waals surface area contributed by atoms with Gasteiger partial charge in [-0.3, -0.25) is 4.98 Å². The average molecular weight is 360 g/mol. The first kappa shape index (κ1) is 17.6. The molecule has 0 aliphatic carbocycles. The van der Waals surface area contributed by atoms with E-state index in [1.54, 1.807) is 0 Å². The number of hydrogen-bond donors (Lipinski definition) is 1. The zero-order chi connectivity index (χ0) is 19.3. The summed E-state index contributed by atoms with van der Waals surface area (Å²) in [5, 5.41) is 11.2. The highest BCUT2D eigenvalue weighted by Gasteiger charge is 2.44. The molecule has 0 radical (unpaired) electrons. The van der Waals surface area contributed by atoms with Gasteiger partial charge in [-0.15, -0.1) is 0 Å². The van der Waals surface area contributed by atoms with Crippen LogP contribution >= 0.6 is 0 Å². The Bertz CT molecular complexity index is 1010. The maximum Gasteiger partial charge on any atom is 0.140 e. The second-order valence-corrected chi connectivity index (χ2v) is 7.83. The molecular weight excluding hydrogens is 336 g/mol. The van der Waals surface area contributed by atoms with Gasteiger partial charge in [0.15, 0.2) is 0 Å². The Morgan fingerprint density at radius 3 is 2.26 bits per heavy atom. The summed E-state index contributed by atoms with van der Waals surface area (Å²) < 4.78 is 0. The summed E-state index contributed by atoms with van der Waals surface area (Å²) in [5.74, 6) is 0.749. The van der Waals surface area contributed by atoms with Crippen molar-refractivity contribution >= 4 is 11.4 Å². The maximum absolute atomic E-state index is 11.2. The molecule has 138 valence electrons. The van der Waals surface area contributed by atoms with Gasteiger partial charge in [-0.05, 0) is 49.6 Å². The van der Waals surface area contributed by atoms with Crippen molar-refractivity contribution < 1.29 is 5.11 Å². The minimum Gasteiger partial charge on any atom is -0.372 e. The number of aliphatic hydroxyl groups excluding tert-OH is 1. The summed E-state index contributed by atoms with van der Waals surface area (Å²) in [7, 11) is 0. The van der Waals surface area contributed by atoms with Gasteiger partial charge in [0.25, 0.3) is 0 Å². The molecule has 0 amide bonds. The lowest BCUT2D eigenvalue weighted by Crippen LogP contribution is -2.38. The number of anilines is 2. The molecule has 27 heavy (non-hydrogen) atoms. The van der Waals surface area contributed by atoms with Crippen molar-refractivity contribution in [2.24, 2.45) is 0 Å². The van der Waals surface area contributed by atoms with Crippen molar-refractivity contribution in [3.05, 3.63) is 65.5 Å². The molecule has 1 unspecified atom stereocenters. The van der Waals surface area contributed by atoms with Gasteiger partial charge in [0.05, 0.1) is 11.9 Å². The number of benzene rings is 1. The molecule has 2 aromatic heterocycles. The molecule has 1 aromatic carbocycles. The molecule has 1 N–H and O–H groups in total. The van der Waals surface area contributed by atoms with Crippen molar-refractivity contribution in [3.63, 3.8) is 0 Å². The molecule has 5 nitrogen and oxygen atoms in total. The molecule has 1 aliphatic heterocycles. The predicted molar refractivity (Wildman–Crippen MR) is 107 cm³/mol. The smallest absolute Gasteiger partial charge is 0.140 e. The number of fused-ring (bicyclic) bond motifs is 1. The van der Waals surface area contributed by atoms with Crippen molar-refractivity contribution in [2.75, 3.05) is 4.90 Å². The molecular formula is C22H24N4O. The van der Waals surface area contributed by atoms with Gasteiger partial charge in [-0.1, -0.05) is 26.0 Å². The van der Waals surface area contributed by atoms with E-state index in [1.165, 1.54) is 0 Å². The van der Waals surface area contributed by atoms with E-state index < -0.39 is 11.6 Å². The zero-order valence-electron chi connectivity index (χ0n) is 16.4. The minimum atomic E-state index is -0.666. The van der Waals surface area contributed by atoms with E-state index in [1.807, 2.05) is 43.4 Å². The van der Waals surface area contributed by atoms with Crippen LogP contribution in [0.4, 0.5) is 11.4 Å². The number of aromatic nitrogens is 3. The number of rotatable bonds is 2. The largest absolute Gasteiger partial charge is 0.372 e. The summed E-state index contributed by atoms with van der Waals surface area (Å²) in [5.41, 5.74) is 6.70. The molecule has 0 spiro atoms. The Balaban J connectivity index is 1.89. The molecule has 5 heteroatoms. The second kappa shape index (κ2) is 6.13. The van der Waals surface area contributed by atoms with Crippen molar-refractivity contribution in [1.82, 2.24) is 15.0 Å². The zero-order valence-corrected chi connectivity index (χ0v) is 16.4. The van der Waals surface area contributed by atoms with Crippen molar-refractivity contribution in [2.45, 2.75) is 46.3 Å². The van der Waals surface area contributed by atoms with E-state index in [0.29, 0.717) is 0 Å². The van der Waals surface area contributed by atoms with E-state index in [4.69, 9.17) is 0 Å². The molecule has 1 aliphatic rings. The highest BCUT2D eigenvalue weighted by atomic mass is 16.3. The van der Waals surface area contributed by atoms with E-state index in [9.17, 15) is 5.11 Å². The summed E-state index contributed by atoms with van der Waals surface area (Å²) in [6.07, 6.45) is 4.86. The Hall–Kier alpha value is -2.79. The van der Waals surface area contributed by atoms with Gasteiger partial charge >= 0.3 is 0 Å². The molecule has 3 heterocycles. The third kappa shape index (κ3) is 2.79. The second-order valence-electron chi connectivity index (χ2n) is 7.83. The van der Waals surface area contributed by atoms with Crippen LogP contribution < -0.4 is 4.90 Å². The first-order valence-corrected chi connectivity index (χ1v) is 9.13. The molecule has 0 saturated heterocycles. The fourth-order valence-electron chi connectivity index (χ4n) is 3.79. The van der Waals surface area contributed by atoms with Crippen molar-refractivity contribution in [3.8, 4) is 11.1 Å². The van der Waals surface area contributed by atoms with Crippen LogP contribution in [0.3, 0.4) is 0 Å². The highest BCUT2D eigenvalue weighted by Crippen LogP contribution is 2.49. The summed E-state index contributed by atoms with van der Waals surface area (Å²) >= 11 is 0. The van der Waals surface area contributed by atoms with Gasteiger partial charge in [0.2, 0.25) is 0 Å². The number of hydrogen-bond acceptors (Lipinski definition) is 5. The summed E-state index contributed by atoms with van der Waals surface area (Å²) in [6, 6.07) is 8.33. The van der Waals surface area contributed by atoms with Gasteiger partial charge in [-0.2, -0.15) is 0 Å². The molecule has 0 fully saturated rings. The minimum absolute atomic E-state index is 0.394. The van der Waals surface area contributed by atoms with Crippen LogP contribution in [0.1, 0.15) is 36.5 Å². The van der Waals surface area contributed by atoms with Crippen LogP contribution in [0, 0.1) is 20.8 Å². The van der Waals surface area contributed by atoms with Crippen LogP contribution in [0.25, 0.3) is 11.1 Å². The Kier molecular flexibility index (Phi) is 4.00. The maximum atomic E-state index is 11.2. The standard InChI is InChI=1S/C22H24N4O/c1-13-8-14(2)23-12-20(13)26-19-9-16(17-10-24-15(3)25-11-17)6-7-18(19)22(4,5)21(26)27/h6-12,21,27H,1-5H3. The summed E-state index contributed by atoms with van der Waals surface area (Å²) in [6.45, 7) is 10.1. The third-order valence-electron chi connectivity index (χ3n) is 5.44. The fraction of sp³-hybridized carbons (Fsp3) is 0.318. The number of nitrogens with zero attached hydrogens (tertiary/aromatic N) is 4. The third-order valence-corrected chi connectivity index (χ3v) is 5.44. The fourth-order valence-corrected chi connectivity index (χ4v) is 3.79. The molecule has 1 atom stereocenters. The normalized spacial score (nSPS) is 17.9. The van der Waals surface area contributed by atoms with Gasteiger partial charge in [-0.25, -0.2) is 9.97 Å². The van der Waals surface area contributed by atoms with E-state index >= 15 is 0 Å². The average Bonchev–Trinajstić information content (AvgIpc) is 2.82. The van der Waals surface area contributed by atoms with Crippen LogP contribution in [0.2, 0.25) is 0 Å². The van der Waals surface area contributed by atoms with Crippen LogP contribution in [-0.2, 0) is 5.41 Å². The SMILES string of the molecule is Cc1cc(C)c(N2c3cc(-c4cnc(C)nc4)ccc3C(C)(C)C2O)cn1. The molecule has 3 aromatic rings. The van der Waals surface area contributed by atoms with Crippen molar-refractivity contribution in [1.29, 1.82) is 0 Å². The lowest BCUT2D eigenvalue weighted by molar-refractivity contribution is 0.119. The van der Waals surface area contributed by atoms with Gasteiger partial charge in [0, 0.05) is 34.8 Å². The van der Waals surface area contributed by atoms with Gasteiger partial charge < -0.3 is 10.0 Å². The lowest BCUT2D eigenvalue weighted by Gasteiger charge is -2.30. The predicted octanol–water partition coefficient (Wildman–Crippen LogP) is 4.21.